The molecule has 0 N–H and O–H groups in total. The van der Waals surface area contributed by atoms with Crippen LogP contribution in [0.5, 0.6) is 5.75 Å². The Bertz CT molecular complexity index is 1170. The summed E-state index contributed by atoms with van der Waals surface area (Å²) >= 11 is 1.35. The van der Waals surface area contributed by atoms with Crippen molar-refractivity contribution in [2.24, 2.45) is 0 Å². The number of sulfone groups is 1. The van der Waals surface area contributed by atoms with Gasteiger partial charge in [0, 0.05) is 6.61 Å². The summed E-state index contributed by atoms with van der Waals surface area (Å²) in [5, 5.41) is 0.476. The van der Waals surface area contributed by atoms with E-state index in [9.17, 15) is 13.2 Å². The van der Waals surface area contributed by atoms with Crippen LogP contribution in [0.2, 0.25) is 0 Å². The Kier molecular flexibility index (Phi) is 7.07. The molecule has 1 unspecified atom stereocenters. The van der Waals surface area contributed by atoms with Gasteiger partial charge < -0.3 is 9.47 Å². The van der Waals surface area contributed by atoms with Crippen molar-refractivity contribution in [2.75, 3.05) is 30.4 Å². The molecule has 170 valence electrons. The average Bonchev–Trinajstić information content (AvgIpc) is 3.41. The number of aromatic nitrogens is 1. The van der Waals surface area contributed by atoms with Gasteiger partial charge in [0.05, 0.1) is 35.2 Å². The topological polar surface area (TPSA) is 85.8 Å². The molecule has 4 rings (SSSR count). The predicted octanol–water partition coefficient (Wildman–Crippen LogP) is 3.82. The maximum absolute atomic E-state index is 13.2. The molecule has 2 aromatic carbocycles. The summed E-state index contributed by atoms with van der Waals surface area (Å²) < 4.78 is 37.7. The number of hydrogen-bond donors (Lipinski definition) is 0. The fourth-order valence-electron chi connectivity index (χ4n) is 3.69. The Morgan fingerprint density at radius 3 is 2.78 bits per heavy atom. The summed E-state index contributed by atoms with van der Waals surface area (Å²) in [5.41, 5.74) is 1.40. The number of ether oxygens (including phenoxy) is 2. The van der Waals surface area contributed by atoms with Crippen molar-refractivity contribution in [1.82, 2.24) is 4.98 Å². The normalized spacial score (nSPS) is 16.3. The summed E-state index contributed by atoms with van der Waals surface area (Å²) in [6, 6.07) is 14.5. The summed E-state index contributed by atoms with van der Waals surface area (Å²) in [6.07, 6.45) is 1.64. The number of thiazole rings is 1. The molecule has 1 saturated heterocycles. The number of hydrogen-bond acceptors (Lipinski definition) is 7. The fraction of sp³-hybridized carbons (Fsp3) is 0.391. The molecule has 1 aliphatic rings. The third-order valence-corrected chi connectivity index (χ3v) is 7.68. The summed E-state index contributed by atoms with van der Waals surface area (Å²) in [4.78, 5) is 19.3. The van der Waals surface area contributed by atoms with E-state index in [1.54, 1.807) is 24.3 Å². The van der Waals surface area contributed by atoms with Crippen LogP contribution in [0.15, 0.2) is 48.5 Å². The molecule has 2 heterocycles. The molecule has 1 aromatic heterocycles. The van der Waals surface area contributed by atoms with Crippen LogP contribution in [0.3, 0.4) is 0 Å². The molecule has 0 bridgehead atoms. The Morgan fingerprint density at radius 1 is 1.25 bits per heavy atom. The van der Waals surface area contributed by atoms with E-state index in [-0.39, 0.29) is 18.4 Å². The third-order valence-electron chi connectivity index (χ3n) is 5.17. The summed E-state index contributed by atoms with van der Waals surface area (Å²) in [6.45, 7) is 3.41. The predicted molar refractivity (Wildman–Crippen MR) is 126 cm³/mol. The van der Waals surface area contributed by atoms with Gasteiger partial charge in [-0.3, -0.25) is 9.69 Å². The van der Waals surface area contributed by atoms with Crippen LogP contribution in [0.1, 0.15) is 25.3 Å². The van der Waals surface area contributed by atoms with Crippen molar-refractivity contribution in [1.29, 1.82) is 0 Å². The van der Waals surface area contributed by atoms with E-state index in [0.29, 0.717) is 23.9 Å². The Balaban J connectivity index is 1.58. The molecule has 1 fully saturated rings. The van der Waals surface area contributed by atoms with Gasteiger partial charge in [-0.05, 0) is 43.5 Å². The van der Waals surface area contributed by atoms with Crippen LogP contribution in [0, 0.1) is 0 Å². The number of benzene rings is 2. The molecule has 9 heteroatoms. The van der Waals surface area contributed by atoms with E-state index >= 15 is 0 Å². The average molecular weight is 475 g/mol. The lowest BCUT2D eigenvalue weighted by molar-refractivity contribution is -0.116. The Morgan fingerprint density at radius 2 is 2.06 bits per heavy atom. The maximum Gasteiger partial charge on any atom is 0.244 e. The number of carbonyl (C=O) groups is 1. The van der Waals surface area contributed by atoms with Crippen molar-refractivity contribution in [3.05, 3.63) is 54.1 Å². The van der Waals surface area contributed by atoms with Gasteiger partial charge in [0.1, 0.15) is 11.5 Å². The lowest BCUT2D eigenvalue weighted by atomic mass is 10.2. The van der Waals surface area contributed by atoms with Gasteiger partial charge in [-0.1, -0.05) is 41.7 Å². The molecule has 0 aliphatic carbocycles. The minimum atomic E-state index is -3.64. The largest absolute Gasteiger partial charge is 0.494 e. The van der Waals surface area contributed by atoms with Gasteiger partial charge in [-0.2, -0.15) is 0 Å². The van der Waals surface area contributed by atoms with Gasteiger partial charge in [0.25, 0.3) is 0 Å². The number of anilines is 1. The van der Waals surface area contributed by atoms with Crippen LogP contribution in [-0.4, -0.2) is 50.9 Å². The van der Waals surface area contributed by atoms with Crippen molar-refractivity contribution >= 4 is 42.4 Å². The number of carbonyl (C=O) groups excluding carboxylic acids is 1. The molecule has 1 atom stereocenters. The number of amides is 1. The van der Waals surface area contributed by atoms with Gasteiger partial charge in [-0.25, -0.2) is 13.4 Å². The number of nitrogens with zero attached hydrogens (tertiary/aromatic N) is 2. The molecular formula is C23H26N2O5S2. The first-order chi connectivity index (χ1) is 15.4. The van der Waals surface area contributed by atoms with Crippen LogP contribution >= 0.6 is 11.3 Å². The summed E-state index contributed by atoms with van der Waals surface area (Å²) in [7, 11) is -3.64. The minimum Gasteiger partial charge on any atom is -0.494 e. The van der Waals surface area contributed by atoms with E-state index in [2.05, 4.69) is 4.98 Å². The molecule has 1 aliphatic heterocycles. The van der Waals surface area contributed by atoms with E-state index in [1.807, 2.05) is 31.2 Å². The van der Waals surface area contributed by atoms with Crippen molar-refractivity contribution < 1.29 is 22.7 Å². The standard InChI is InChI=1S/C23H26N2O5S2/c1-2-29-18-10-11-20-21(13-18)31-23(24-20)25(14-19-9-6-12-30-19)22(26)16-32(27,28)15-17-7-4-3-5-8-17/h3-5,7-8,10-11,13,19H,2,6,9,12,14-16H2,1H3. The van der Waals surface area contributed by atoms with Gasteiger partial charge in [0.2, 0.25) is 5.91 Å². The van der Waals surface area contributed by atoms with Crippen molar-refractivity contribution in [2.45, 2.75) is 31.6 Å². The first-order valence-corrected chi connectivity index (χ1v) is 13.3. The van der Waals surface area contributed by atoms with E-state index in [0.717, 1.165) is 28.8 Å². The maximum atomic E-state index is 13.2. The Labute approximate surface area is 191 Å². The molecule has 3 aromatic rings. The van der Waals surface area contributed by atoms with Crippen LogP contribution in [-0.2, 0) is 25.1 Å². The molecule has 0 spiro atoms. The number of fused-ring (bicyclic) bond motifs is 1. The van der Waals surface area contributed by atoms with Gasteiger partial charge in [0.15, 0.2) is 15.0 Å². The highest BCUT2D eigenvalue weighted by Crippen LogP contribution is 2.32. The van der Waals surface area contributed by atoms with Gasteiger partial charge >= 0.3 is 0 Å². The Hall–Kier alpha value is -2.49. The zero-order valence-electron chi connectivity index (χ0n) is 17.9. The van der Waals surface area contributed by atoms with Gasteiger partial charge in [-0.15, -0.1) is 0 Å². The lowest BCUT2D eigenvalue weighted by Gasteiger charge is -2.23. The zero-order valence-corrected chi connectivity index (χ0v) is 19.5. The minimum absolute atomic E-state index is 0.123. The lowest BCUT2D eigenvalue weighted by Crippen LogP contribution is -2.41. The van der Waals surface area contributed by atoms with Crippen LogP contribution < -0.4 is 9.64 Å². The molecule has 0 radical (unpaired) electrons. The van der Waals surface area contributed by atoms with Crippen molar-refractivity contribution in [3.8, 4) is 5.75 Å². The molecular weight excluding hydrogens is 448 g/mol. The first-order valence-electron chi connectivity index (χ1n) is 10.6. The highest BCUT2D eigenvalue weighted by atomic mass is 32.2. The van der Waals surface area contributed by atoms with Crippen LogP contribution in [0.4, 0.5) is 5.13 Å². The monoisotopic (exact) mass is 474 g/mol. The second-order valence-electron chi connectivity index (χ2n) is 7.72. The molecule has 0 saturated carbocycles. The first kappa shape index (κ1) is 22.7. The SMILES string of the molecule is CCOc1ccc2nc(N(CC3CCCO3)C(=O)CS(=O)(=O)Cc3ccccc3)sc2c1. The second kappa shape index (κ2) is 9.97. The molecule has 32 heavy (non-hydrogen) atoms. The zero-order chi connectivity index (χ0) is 22.6. The van der Waals surface area contributed by atoms with E-state index in [4.69, 9.17) is 9.47 Å². The highest BCUT2D eigenvalue weighted by molar-refractivity contribution is 7.91. The third kappa shape index (κ3) is 5.65. The van der Waals surface area contributed by atoms with Crippen LogP contribution in [0.25, 0.3) is 10.2 Å². The molecule has 7 nitrogen and oxygen atoms in total. The quantitative estimate of drug-likeness (QED) is 0.469. The van der Waals surface area contributed by atoms with Crippen molar-refractivity contribution in [3.63, 3.8) is 0 Å². The van der Waals surface area contributed by atoms with E-state index in [1.165, 1.54) is 16.2 Å². The molecule has 1 amide bonds. The summed E-state index contributed by atoms with van der Waals surface area (Å²) in [5.74, 6) is -0.502. The number of rotatable bonds is 9. The van der Waals surface area contributed by atoms with E-state index < -0.39 is 21.5 Å². The second-order valence-corrected chi connectivity index (χ2v) is 10.8. The fourth-order valence-corrected chi connectivity index (χ4v) is 6.04. The smallest absolute Gasteiger partial charge is 0.244 e. The highest BCUT2D eigenvalue weighted by Gasteiger charge is 2.29.